The lowest BCUT2D eigenvalue weighted by atomic mass is 10.1. The summed E-state index contributed by atoms with van der Waals surface area (Å²) in [6.45, 7) is 4.59. The van der Waals surface area contributed by atoms with Crippen LogP contribution in [0.3, 0.4) is 0 Å². The van der Waals surface area contributed by atoms with E-state index >= 15 is 0 Å². The van der Waals surface area contributed by atoms with Gasteiger partial charge >= 0.3 is 5.97 Å². The molecule has 5 heteroatoms. The first kappa shape index (κ1) is 19.8. The van der Waals surface area contributed by atoms with Crippen LogP contribution in [-0.2, 0) is 23.9 Å². The Balaban J connectivity index is 2.81. The highest BCUT2D eigenvalue weighted by Gasteiger charge is 2.12. The molecule has 130 valence electrons. The summed E-state index contributed by atoms with van der Waals surface area (Å²) >= 11 is 0. The topological polar surface area (TPSA) is 69.7 Å². The molecule has 5 nitrogen and oxygen atoms in total. The number of ether oxygens (including phenoxy) is 2. The third kappa shape index (κ3) is 9.00. The van der Waals surface area contributed by atoms with Crippen molar-refractivity contribution < 1.29 is 23.9 Å². The van der Waals surface area contributed by atoms with Crippen LogP contribution in [0.5, 0.6) is 0 Å². The second-order valence-corrected chi connectivity index (χ2v) is 5.65. The van der Waals surface area contributed by atoms with Gasteiger partial charge in [0.25, 0.3) is 0 Å². The molecule has 0 amide bonds. The fraction of sp³-hybridized carbons (Fsp3) is 0.421. The zero-order valence-electron chi connectivity index (χ0n) is 14.2. The molecule has 1 aliphatic heterocycles. The van der Waals surface area contributed by atoms with Crippen molar-refractivity contribution in [1.29, 1.82) is 0 Å². The summed E-state index contributed by atoms with van der Waals surface area (Å²) in [6, 6.07) is 0. The van der Waals surface area contributed by atoms with Gasteiger partial charge in [-0.25, -0.2) is 4.79 Å². The molecule has 0 radical (unpaired) electrons. The number of esters is 1. The van der Waals surface area contributed by atoms with E-state index in [0.29, 0.717) is 32.3 Å². The maximum atomic E-state index is 11.7. The molecule has 0 saturated carbocycles. The number of cyclic esters (lactones) is 1. The Labute approximate surface area is 142 Å². The second kappa shape index (κ2) is 11.3. The van der Waals surface area contributed by atoms with Gasteiger partial charge in [0, 0.05) is 18.9 Å². The van der Waals surface area contributed by atoms with E-state index in [1.807, 2.05) is 19.9 Å². The Morgan fingerprint density at radius 2 is 1.96 bits per heavy atom. The first-order valence-electron chi connectivity index (χ1n) is 7.93. The predicted octanol–water partition coefficient (Wildman–Crippen LogP) is 2.87. The third-order valence-corrected chi connectivity index (χ3v) is 3.29. The molecule has 0 fully saturated rings. The molecule has 1 atom stereocenters. The Morgan fingerprint density at radius 3 is 2.71 bits per heavy atom. The molecular weight excluding hydrogens is 308 g/mol. The van der Waals surface area contributed by atoms with E-state index in [-0.39, 0.29) is 12.2 Å². The summed E-state index contributed by atoms with van der Waals surface area (Å²) < 4.78 is 10.5. The molecule has 0 aromatic carbocycles. The number of ketones is 1. The molecule has 1 aliphatic rings. The number of hydrogen-bond acceptors (Lipinski definition) is 5. The van der Waals surface area contributed by atoms with Crippen molar-refractivity contribution >= 4 is 18.0 Å². The third-order valence-electron chi connectivity index (χ3n) is 3.29. The van der Waals surface area contributed by atoms with Gasteiger partial charge in [0.05, 0.1) is 13.2 Å². The number of carbonyl (C=O) groups is 3. The van der Waals surface area contributed by atoms with Crippen molar-refractivity contribution in [2.75, 3.05) is 13.2 Å². The van der Waals surface area contributed by atoms with Crippen LogP contribution in [0, 0.1) is 0 Å². The van der Waals surface area contributed by atoms with E-state index in [0.717, 1.165) is 11.1 Å². The number of allylic oxidation sites excluding steroid dienone is 4. The zero-order chi connectivity index (χ0) is 17.8. The highest BCUT2D eigenvalue weighted by molar-refractivity contribution is 5.91. The zero-order valence-corrected chi connectivity index (χ0v) is 14.2. The molecule has 0 aromatic rings. The monoisotopic (exact) mass is 332 g/mol. The summed E-state index contributed by atoms with van der Waals surface area (Å²) in [7, 11) is 0. The Morgan fingerprint density at radius 1 is 1.17 bits per heavy atom. The van der Waals surface area contributed by atoms with Gasteiger partial charge < -0.3 is 9.47 Å². The van der Waals surface area contributed by atoms with Crippen molar-refractivity contribution in [3.8, 4) is 0 Å². The fourth-order valence-corrected chi connectivity index (χ4v) is 2.04. The average Bonchev–Trinajstić information content (AvgIpc) is 2.52. The van der Waals surface area contributed by atoms with Crippen molar-refractivity contribution in [3.63, 3.8) is 0 Å². The Kier molecular flexibility index (Phi) is 9.31. The SMILES string of the molecule is C/C1=C/C=C/C(=O)O[C@@H](C=O)C/C(C)=C/COCC/C=C/C(=O)C1. The van der Waals surface area contributed by atoms with E-state index in [1.165, 1.54) is 12.2 Å². The minimum absolute atomic E-state index is 0.00222. The first-order valence-corrected chi connectivity index (χ1v) is 7.93. The lowest BCUT2D eigenvalue weighted by Gasteiger charge is -2.11. The van der Waals surface area contributed by atoms with Crippen LogP contribution in [0.1, 0.15) is 33.1 Å². The van der Waals surface area contributed by atoms with Crippen LogP contribution in [0.2, 0.25) is 0 Å². The quantitative estimate of drug-likeness (QED) is 0.419. The average molecular weight is 332 g/mol. The van der Waals surface area contributed by atoms with Gasteiger partial charge in [0.15, 0.2) is 18.2 Å². The van der Waals surface area contributed by atoms with E-state index in [4.69, 9.17) is 9.47 Å². The first-order chi connectivity index (χ1) is 11.5. The van der Waals surface area contributed by atoms with Gasteiger partial charge in [-0.3, -0.25) is 9.59 Å². The van der Waals surface area contributed by atoms with E-state index in [9.17, 15) is 14.4 Å². The lowest BCUT2D eigenvalue weighted by Crippen LogP contribution is -2.18. The molecule has 24 heavy (non-hydrogen) atoms. The van der Waals surface area contributed by atoms with Gasteiger partial charge in [-0.1, -0.05) is 35.5 Å². The molecule has 0 aromatic heterocycles. The maximum absolute atomic E-state index is 11.7. The van der Waals surface area contributed by atoms with Crippen LogP contribution >= 0.6 is 0 Å². The predicted molar refractivity (Wildman–Crippen MR) is 91.4 cm³/mol. The second-order valence-electron chi connectivity index (χ2n) is 5.65. The summed E-state index contributed by atoms with van der Waals surface area (Å²) in [6.07, 6.45) is 10.7. The van der Waals surface area contributed by atoms with Crippen molar-refractivity contribution in [3.05, 3.63) is 47.6 Å². The summed E-state index contributed by atoms with van der Waals surface area (Å²) in [4.78, 5) is 34.5. The molecule has 0 aliphatic carbocycles. The van der Waals surface area contributed by atoms with Crippen LogP contribution in [0.15, 0.2) is 47.6 Å². The Hall–Kier alpha value is -2.27. The van der Waals surface area contributed by atoms with Crippen LogP contribution in [-0.4, -0.2) is 37.4 Å². The summed E-state index contributed by atoms with van der Waals surface area (Å²) in [5.41, 5.74) is 1.74. The molecule has 1 rings (SSSR count). The van der Waals surface area contributed by atoms with Gasteiger partial charge in [-0.05, 0) is 26.3 Å². The Bertz CT molecular complexity index is 566. The van der Waals surface area contributed by atoms with E-state index < -0.39 is 12.1 Å². The number of aldehydes is 1. The van der Waals surface area contributed by atoms with E-state index in [2.05, 4.69) is 0 Å². The standard InChI is InChI=1S/C19H24O5/c1-15-6-5-8-19(22)24-18(14-20)13-16(2)9-11-23-10-4-3-7-17(21)12-15/h3,5-9,14,18H,4,10-13H2,1-2H3/b7-3+,8-5+,15-6-,16-9+/t18-/m1/s1. The maximum Gasteiger partial charge on any atom is 0.331 e. The highest BCUT2D eigenvalue weighted by atomic mass is 16.5. The molecule has 0 unspecified atom stereocenters. The normalized spacial score (nSPS) is 29.0. The van der Waals surface area contributed by atoms with Crippen molar-refractivity contribution in [1.82, 2.24) is 0 Å². The van der Waals surface area contributed by atoms with Crippen LogP contribution in [0.4, 0.5) is 0 Å². The van der Waals surface area contributed by atoms with Crippen molar-refractivity contribution in [2.24, 2.45) is 0 Å². The molecule has 1 heterocycles. The van der Waals surface area contributed by atoms with Gasteiger partial charge in [-0.2, -0.15) is 0 Å². The minimum atomic E-state index is -0.813. The fourth-order valence-electron chi connectivity index (χ4n) is 2.04. The number of hydrogen-bond donors (Lipinski definition) is 0. The van der Waals surface area contributed by atoms with E-state index in [1.54, 1.807) is 18.2 Å². The van der Waals surface area contributed by atoms with Gasteiger partial charge in [0.1, 0.15) is 0 Å². The minimum Gasteiger partial charge on any atom is -0.451 e. The molecule has 0 N–H and O–H groups in total. The number of rotatable bonds is 1. The van der Waals surface area contributed by atoms with Crippen LogP contribution < -0.4 is 0 Å². The molecule has 0 bridgehead atoms. The van der Waals surface area contributed by atoms with Gasteiger partial charge in [0.2, 0.25) is 0 Å². The number of carbonyl (C=O) groups excluding carboxylic acids is 3. The molecule has 0 spiro atoms. The van der Waals surface area contributed by atoms with Crippen molar-refractivity contribution in [2.45, 2.75) is 39.2 Å². The van der Waals surface area contributed by atoms with Crippen LogP contribution in [0.25, 0.3) is 0 Å². The summed E-state index contributed by atoms with van der Waals surface area (Å²) in [5, 5.41) is 0. The largest absolute Gasteiger partial charge is 0.451 e. The molecule has 0 saturated heterocycles. The lowest BCUT2D eigenvalue weighted by molar-refractivity contribution is -0.146. The summed E-state index contributed by atoms with van der Waals surface area (Å²) in [5.74, 6) is -0.592. The van der Waals surface area contributed by atoms with Gasteiger partial charge in [-0.15, -0.1) is 0 Å². The smallest absolute Gasteiger partial charge is 0.331 e. The molecular formula is C19H24O5. The highest BCUT2D eigenvalue weighted by Crippen LogP contribution is 2.08.